The zero-order chi connectivity index (χ0) is 20.4. The van der Waals surface area contributed by atoms with Crippen LogP contribution >= 0.6 is 11.6 Å². The highest BCUT2D eigenvalue weighted by molar-refractivity contribution is 6.30. The van der Waals surface area contributed by atoms with Crippen molar-refractivity contribution in [2.24, 2.45) is 0 Å². The van der Waals surface area contributed by atoms with Gasteiger partial charge in [0, 0.05) is 36.1 Å². The molecule has 2 atom stereocenters. The minimum absolute atomic E-state index is 0.112. The second-order valence-electron chi connectivity index (χ2n) is 7.09. The predicted molar refractivity (Wildman–Crippen MR) is 110 cm³/mol. The number of β-amino-alcohol motifs (C(OH)–C–C–N with tert-alkyl or cyclic N) is 1. The van der Waals surface area contributed by atoms with Gasteiger partial charge in [-0.15, -0.1) is 0 Å². The highest BCUT2D eigenvalue weighted by Crippen LogP contribution is 2.24. The molecule has 2 N–H and O–H groups in total. The Morgan fingerprint density at radius 3 is 2.69 bits per heavy atom. The van der Waals surface area contributed by atoms with Crippen LogP contribution in [0.15, 0.2) is 60.8 Å². The first-order chi connectivity index (χ1) is 14.0. The zero-order valence-electron chi connectivity index (χ0n) is 15.6. The lowest BCUT2D eigenvalue weighted by molar-refractivity contribution is -0.125. The van der Waals surface area contributed by atoms with E-state index < -0.39 is 12.1 Å². The van der Waals surface area contributed by atoms with Crippen LogP contribution in [0.25, 0.3) is 10.9 Å². The Hall–Kier alpha value is -2.96. The summed E-state index contributed by atoms with van der Waals surface area (Å²) in [6, 6.07) is 15.5. The van der Waals surface area contributed by atoms with Crippen molar-refractivity contribution < 1.29 is 14.7 Å². The van der Waals surface area contributed by atoms with Gasteiger partial charge < -0.3 is 15.3 Å². The fourth-order valence-electron chi connectivity index (χ4n) is 3.63. The molecule has 4 rings (SSSR count). The van der Waals surface area contributed by atoms with Gasteiger partial charge in [0.15, 0.2) is 0 Å². The minimum Gasteiger partial charge on any atom is -0.391 e. The van der Waals surface area contributed by atoms with Crippen LogP contribution in [0.5, 0.6) is 0 Å². The van der Waals surface area contributed by atoms with E-state index in [0.29, 0.717) is 22.6 Å². The number of likely N-dealkylation sites (tertiary alicyclic amines) is 1. The van der Waals surface area contributed by atoms with Crippen LogP contribution in [0.2, 0.25) is 5.02 Å². The summed E-state index contributed by atoms with van der Waals surface area (Å²) < 4.78 is 0. The first-order valence-electron chi connectivity index (χ1n) is 9.38. The molecular formula is C22H20ClN3O3. The molecule has 1 fully saturated rings. The monoisotopic (exact) mass is 409 g/mol. The van der Waals surface area contributed by atoms with Gasteiger partial charge in [-0.1, -0.05) is 41.9 Å². The van der Waals surface area contributed by atoms with E-state index >= 15 is 0 Å². The standard InChI is InChI=1S/C22H20ClN3O3/c23-16-8-6-14(7-9-16)12-25-21(28)19-11-17(27)13-26(19)22(29)18-5-1-3-15-4-2-10-24-20(15)18/h1-10,17,19,27H,11-13H2,(H,25,28)/t17-,19+/m1/s1. The predicted octanol–water partition coefficient (Wildman–Crippen LogP) is 2.78. The maximum absolute atomic E-state index is 13.2. The molecular weight excluding hydrogens is 390 g/mol. The summed E-state index contributed by atoms with van der Waals surface area (Å²) in [6.07, 6.45) is 1.10. The van der Waals surface area contributed by atoms with Gasteiger partial charge in [-0.05, 0) is 29.8 Å². The summed E-state index contributed by atoms with van der Waals surface area (Å²) >= 11 is 5.88. The highest BCUT2D eigenvalue weighted by Gasteiger charge is 2.39. The third kappa shape index (κ3) is 4.09. The molecule has 3 aromatic rings. The summed E-state index contributed by atoms with van der Waals surface area (Å²) in [4.78, 5) is 31.8. The van der Waals surface area contributed by atoms with E-state index in [1.54, 1.807) is 30.5 Å². The van der Waals surface area contributed by atoms with E-state index in [1.807, 2.05) is 30.3 Å². The number of hydrogen-bond donors (Lipinski definition) is 2. The molecule has 0 bridgehead atoms. The van der Waals surface area contributed by atoms with Crippen LogP contribution in [0, 0.1) is 0 Å². The van der Waals surface area contributed by atoms with Crippen LogP contribution in [-0.4, -0.2) is 45.5 Å². The fraction of sp³-hybridized carbons (Fsp3) is 0.227. The number of fused-ring (bicyclic) bond motifs is 1. The molecule has 0 spiro atoms. The van der Waals surface area contributed by atoms with E-state index in [9.17, 15) is 14.7 Å². The van der Waals surface area contributed by atoms with Crippen molar-refractivity contribution in [2.75, 3.05) is 6.54 Å². The summed E-state index contributed by atoms with van der Waals surface area (Å²) in [5.41, 5.74) is 1.91. The van der Waals surface area contributed by atoms with Crippen LogP contribution < -0.4 is 5.32 Å². The molecule has 0 unspecified atom stereocenters. The molecule has 0 aliphatic carbocycles. The van der Waals surface area contributed by atoms with Crippen molar-refractivity contribution >= 4 is 34.3 Å². The SMILES string of the molecule is O=C(NCc1ccc(Cl)cc1)[C@@H]1C[C@@H](O)CN1C(=O)c1cccc2cccnc12. The number of para-hydroxylation sites is 1. The van der Waals surface area contributed by atoms with Gasteiger partial charge in [0.05, 0.1) is 17.2 Å². The third-order valence-electron chi connectivity index (χ3n) is 5.09. The maximum atomic E-state index is 13.2. The van der Waals surface area contributed by atoms with E-state index in [-0.39, 0.29) is 24.8 Å². The van der Waals surface area contributed by atoms with E-state index in [2.05, 4.69) is 10.3 Å². The number of carbonyl (C=O) groups excluding carboxylic acids is 2. The van der Waals surface area contributed by atoms with Crippen LogP contribution in [-0.2, 0) is 11.3 Å². The van der Waals surface area contributed by atoms with Gasteiger partial charge in [0.25, 0.3) is 5.91 Å². The number of nitrogens with one attached hydrogen (secondary N) is 1. The quantitative estimate of drug-likeness (QED) is 0.694. The summed E-state index contributed by atoms with van der Waals surface area (Å²) in [7, 11) is 0. The molecule has 2 amide bonds. The number of carbonyl (C=O) groups is 2. The lowest BCUT2D eigenvalue weighted by Crippen LogP contribution is -2.45. The van der Waals surface area contributed by atoms with Crippen molar-refractivity contribution in [1.82, 2.24) is 15.2 Å². The van der Waals surface area contributed by atoms with Crippen molar-refractivity contribution in [3.63, 3.8) is 0 Å². The first kappa shape index (κ1) is 19.4. The molecule has 1 saturated heterocycles. The van der Waals surface area contributed by atoms with E-state index in [1.165, 1.54) is 4.90 Å². The summed E-state index contributed by atoms with van der Waals surface area (Å²) in [6.45, 7) is 0.432. The molecule has 7 heteroatoms. The summed E-state index contributed by atoms with van der Waals surface area (Å²) in [5.74, 6) is -0.601. The van der Waals surface area contributed by atoms with Crippen LogP contribution in [0.4, 0.5) is 0 Å². The van der Waals surface area contributed by atoms with Crippen molar-refractivity contribution in [3.8, 4) is 0 Å². The third-order valence-corrected chi connectivity index (χ3v) is 5.34. The average Bonchev–Trinajstić information content (AvgIpc) is 3.14. The molecule has 1 aliphatic heterocycles. The Labute approximate surface area is 173 Å². The van der Waals surface area contributed by atoms with Gasteiger partial charge in [-0.3, -0.25) is 14.6 Å². The van der Waals surface area contributed by atoms with Crippen molar-refractivity contribution in [1.29, 1.82) is 0 Å². The van der Waals surface area contributed by atoms with Gasteiger partial charge in [0.2, 0.25) is 5.91 Å². The number of hydrogen-bond acceptors (Lipinski definition) is 4. The number of nitrogens with zero attached hydrogens (tertiary/aromatic N) is 2. The average molecular weight is 410 g/mol. The maximum Gasteiger partial charge on any atom is 0.256 e. The number of aliphatic hydroxyl groups excluding tert-OH is 1. The van der Waals surface area contributed by atoms with Gasteiger partial charge in [0.1, 0.15) is 6.04 Å². The molecule has 6 nitrogen and oxygen atoms in total. The van der Waals surface area contributed by atoms with Gasteiger partial charge >= 0.3 is 0 Å². The molecule has 148 valence electrons. The molecule has 0 saturated carbocycles. The lowest BCUT2D eigenvalue weighted by Gasteiger charge is -2.24. The Morgan fingerprint density at radius 2 is 1.90 bits per heavy atom. The molecule has 2 heterocycles. The molecule has 1 aliphatic rings. The Morgan fingerprint density at radius 1 is 1.14 bits per heavy atom. The number of rotatable bonds is 4. The lowest BCUT2D eigenvalue weighted by atomic mass is 10.1. The number of aromatic nitrogens is 1. The number of halogens is 1. The van der Waals surface area contributed by atoms with Gasteiger partial charge in [-0.25, -0.2) is 0 Å². The highest BCUT2D eigenvalue weighted by atomic mass is 35.5. The first-order valence-corrected chi connectivity index (χ1v) is 9.75. The smallest absolute Gasteiger partial charge is 0.256 e. The second kappa shape index (κ2) is 8.19. The topological polar surface area (TPSA) is 82.5 Å². The van der Waals surface area contributed by atoms with Crippen LogP contribution in [0.1, 0.15) is 22.3 Å². The molecule has 1 aromatic heterocycles. The Balaban J connectivity index is 1.53. The molecule has 0 radical (unpaired) electrons. The molecule has 29 heavy (non-hydrogen) atoms. The molecule has 2 aromatic carbocycles. The fourth-order valence-corrected chi connectivity index (χ4v) is 3.75. The number of aliphatic hydroxyl groups is 1. The Kier molecular flexibility index (Phi) is 5.47. The largest absolute Gasteiger partial charge is 0.391 e. The number of benzene rings is 2. The van der Waals surface area contributed by atoms with Crippen molar-refractivity contribution in [3.05, 3.63) is 76.9 Å². The van der Waals surface area contributed by atoms with E-state index in [4.69, 9.17) is 11.6 Å². The van der Waals surface area contributed by atoms with E-state index in [0.717, 1.165) is 10.9 Å². The number of amides is 2. The summed E-state index contributed by atoms with van der Waals surface area (Å²) in [5, 5.41) is 14.5. The second-order valence-corrected chi connectivity index (χ2v) is 7.52. The van der Waals surface area contributed by atoms with Crippen LogP contribution in [0.3, 0.4) is 0 Å². The minimum atomic E-state index is -0.742. The zero-order valence-corrected chi connectivity index (χ0v) is 16.3. The van der Waals surface area contributed by atoms with Crippen molar-refractivity contribution in [2.45, 2.75) is 25.1 Å². The van der Waals surface area contributed by atoms with Gasteiger partial charge in [-0.2, -0.15) is 0 Å². The number of pyridine rings is 1. The Bertz CT molecular complexity index is 1050. The normalized spacial score (nSPS) is 18.8.